The van der Waals surface area contributed by atoms with Gasteiger partial charge in [0.25, 0.3) is 5.91 Å². The van der Waals surface area contributed by atoms with Crippen molar-refractivity contribution in [1.29, 1.82) is 0 Å². The monoisotopic (exact) mass is 243 g/mol. The Morgan fingerprint density at radius 3 is 2.28 bits per heavy atom. The van der Waals surface area contributed by atoms with Crippen LogP contribution in [-0.4, -0.2) is 37.8 Å². The number of hydrogen-bond donors (Lipinski definition) is 0. The number of aliphatic imine (C=N–C) groups is 1. The summed E-state index contributed by atoms with van der Waals surface area (Å²) in [5, 5.41) is 0. The number of nitrogens with zero attached hydrogens (tertiary/aromatic N) is 3. The van der Waals surface area contributed by atoms with E-state index in [-0.39, 0.29) is 5.91 Å². The summed E-state index contributed by atoms with van der Waals surface area (Å²) in [7, 11) is 5.73. The molecule has 1 amide bonds. The lowest BCUT2D eigenvalue weighted by Crippen LogP contribution is -2.25. The summed E-state index contributed by atoms with van der Waals surface area (Å²) in [6.07, 6.45) is 1.81. The van der Waals surface area contributed by atoms with E-state index < -0.39 is 0 Å². The maximum atomic E-state index is 11.8. The number of amidine groups is 1. The average Bonchev–Trinajstić information content (AvgIpc) is 2.58. The number of rotatable bonds is 2. The van der Waals surface area contributed by atoms with Gasteiger partial charge in [-0.3, -0.25) is 9.69 Å². The molecule has 0 fully saturated rings. The molecule has 0 spiro atoms. The van der Waals surface area contributed by atoms with Gasteiger partial charge in [-0.25, -0.2) is 4.99 Å². The number of hydrogen-bond acceptors (Lipinski definition) is 3. The number of likely N-dealkylation sites (N-methyl/N-ethyl adjacent to an activating group) is 1. The average molecular weight is 243 g/mol. The van der Waals surface area contributed by atoms with Crippen molar-refractivity contribution >= 4 is 23.5 Å². The maximum Gasteiger partial charge on any atom is 0.277 e. The van der Waals surface area contributed by atoms with E-state index in [2.05, 4.69) is 4.99 Å². The fraction of sp³-hybridized carbons (Fsp3) is 0.286. The Bertz CT molecular complexity index is 526. The van der Waals surface area contributed by atoms with Crippen molar-refractivity contribution in [2.45, 2.75) is 6.92 Å². The molecule has 4 heteroatoms. The lowest BCUT2D eigenvalue weighted by atomic mass is 10.1. The van der Waals surface area contributed by atoms with E-state index >= 15 is 0 Å². The molecular formula is C14H17N3O. The van der Waals surface area contributed by atoms with Gasteiger partial charge in [0.05, 0.1) is 0 Å². The predicted octanol–water partition coefficient (Wildman–Crippen LogP) is 1.98. The molecule has 18 heavy (non-hydrogen) atoms. The summed E-state index contributed by atoms with van der Waals surface area (Å²) in [6.45, 7) is 1.83. The molecule has 4 nitrogen and oxygen atoms in total. The molecule has 0 radical (unpaired) electrons. The first-order valence-electron chi connectivity index (χ1n) is 5.81. The highest BCUT2D eigenvalue weighted by Gasteiger charge is 2.23. The Hall–Kier alpha value is -2.10. The molecule has 0 bridgehead atoms. The van der Waals surface area contributed by atoms with Crippen molar-refractivity contribution in [2.75, 3.05) is 26.0 Å². The number of benzene rings is 1. The molecule has 0 aliphatic carbocycles. The van der Waals surface area contributed by atoms with Crippen LogP contribution in [-0.2, 0) is 4.79 Å². The minimum atomic E-state index is -0.0517. The van der Waals surface area contributed by atoms with Crippen LogP contribution in [0.5, 0.6) is 0 Å². The summed E-state index contributed by atoms with van der Waals surface area (Å²) < 4.78 is 0. The summed E-state index contributed by atoms with van der Waals surface area (Å²) in [5.41, 5.74) is 2.61. The Kier molecular flexibility index (Phi) is 3.19. The predicted molar refractivity (Wildman–Crippen MR) is 74.6 cm³/mol. The third-order valence-electron chi connectivity index (χ3n) is 3.00. The summed E-state index contributed by atoms with van der Waals surface area (Å²) in [5.74, 6) is 0.681. The lowest BCUT2D eigenvalue weighted by molar-refractivity contribution is -0.121. The van der Waals surface area contributed by atoms with Crippen LogP contribution in [0.4, 0.5) is 5.69 Å². The van der Waals surface area contributed by atoms with Crippen molar-refractivity contribution in [1.82, 2.24) is 4.90 Å². The van der Waals surface area contributed by atoms with Crippen molar-refractivity contribution in [3.8, 4) is 0 Å². The molecule has 0 saturated carbocycles. The first kappa shape index (κ1) is 12.4. The number of amides is 1. The molecule has 0 saturated heterocycles. The first-order valence-corrected chi connectivity index (χ1v) is 5.81. The minimum absolute atomic E-state index is 0.0517. The third kappa shape index (κ3) is 2.27. The van der Waals surface area contributed by atoms with Gasteiger partial charge in [0, 0.05) is 26.8 Å². The van der Waals surface area contributed by atoms with Gasteiger partial charge in [-0.2, -0.15) is 0 Å². The number of carbonyl (C=O) groups excluding carboxylic acids is 1. The SMILES string of the molecule is CC1=N/C(=C/c2ccc(N(C)C)cc2)C(=O)N1C. The molecule has 1 aliphatic rings. The topological polar surface area (TPSA) is 35.9 Å². The van der Waals surface area contributed by atoms with Crippen LogP contribution < -0.4 is 4.90 Å². The molecule has 1 aliphatic heterocycles. The van der Waals surface area contributed by atoms with E-state index in [0.29, 0.717) is 5.70 Å². The smallest absolute Gasteiger partial charge is 0.277 e. The van der Waals surface area contributed by atoms with Crippen LogP contribution in [0.3, 0.4) is 0 Å². The van der Waals surface area contributed by atoms with Crippen molar-refractivity contribution in [3.63, 3.8) is 0 Å². The molecule has 0 N–H and O–H groups in total. The van der Waals surface area contributed by atoms with Gasteiger partial charge in [-0.1, -0.05) is 12.1 Å². The maximum absolute atomic E-state index is 11.8. The van der Waals surface area contributed by atoms with Gasteiger partial charge in [0.15, 0.2) is 0 Å². The third-order valence-corrected chi connectivity index (χ3v) is 3.00. The highest BCUT2D eigenvalue weighted by atomic mass is 16.2. The van der Waals surface area contributed by atoms with E-state index in [1.807, 2.05) is 56.3 Å². The molecule has 2 rings (SSSR count). The molecule has 0 aromatic heterocycles. The minimum Gasteiger partial charge on any atom is -0.378 e. The second-order valence-corrected chi connectivity index (χ2v) is 4.54. The largest absolute Gasteiger partial charge is 0.378 e. The molecule has 1 heterocycles. The van der Waals surface area contributed by atoms with Gasteiger partial charge in [-0.15, -0.1) is 0 Å². The van der Waals surface area contributed by atoms with Crippen LogP contribution >= 0.6 is 0 Å². The van der Waals surface area contributed by atoms with E-state index in [4.69, 9.17) is 0 Å². The van der Waals surface area contributed by atoms with E-state index in [0.717, 1.165) is 17.1 Å². The quantitative estimate of drug-likeness (QED) is 0.745. The van der Waals surface area contributed by atoms with Gasteiger partial charge in [-0.05, 0) is 30.7 Å². The molecule has 0 atom stereocenters. The number of carbonyl (C=O) groups is 1. The van der Waals surface area contributed by atoms with Crippen LogP contribution in [0, 0.1) is 0 Å². The number of anilines is 1. The van der Waals surface area contributed by atoms with Gasteiger partial charge >= 0.3 is 0 Å². The Balaban J connectivity index is 2.27. The molecule has 1 aromatic rings. The first-order chi connectivity index (χ1) is 8.49. The standard InChI is InChI=1S/C14H17N3O/c1-10-15-13(14(18)17(10)4)9-11-5-7-12(8-6-11)16(2)3/h5-9H,1-4H3/b13-9+. The van der Waals surface area contributed by atoms with Crippen molar-refractivity contribution < 1.29 is 4.79 Å². The van der Waals surface area contributed by atoms with Gasteiger partial charge in [0.1, 0.15) is 11.5 Å². The summed E-state index contributed by atoms with van der Waals surface area (Å²) in [6, 6.07) is 8.01. The lowest BCUT2D eigenvalue weighted by Gasteiger charge is -2.11. The van der Waals surface area contributed by atoms with E-state index in [9.17, 15) is 4.79 Å². The van der Waals surface area contributed by atoms with Gasteiger partial charge < -0.3 is 4.90 Å². The molecule has 94 valence electrons. The zero-order valence-corrected chi connectivity index (χ0v) is 11.1. The fourth-order valence-corrected chi connectivity index (χ4v) is 1.74. The van der Waals surface area contributed by atoms with Crippen LogP contribution in [0.15, 0.2) is 35.0 Å². The molecule has 0 unspecified atom stereocenters. The fourth-order valence-electron chi connectivity index (χ4n) is 1.74. The van der Waals surface area contributed by atoms with Crippen LogP contribution in [0.2, 0.25) is 0 Å². The van der Waals surface area contributed by atoms with Crippen LogP contribution in [0.1, 0.15) is 12.5 Å². The summed E-state index contributed by atoms with van der Waals surface area (Å²) in [4.78, 5) is 19.7. The van der Waals surface area contributed by atoms with Crippen LogP contribution in [0.25, 0.3) is 6.08 Å². The normalized spacial score (nSPS) is 17.3. The second kappa shape index (κ2) is 4.64. The second-order valence-electron chi connectivity index (χ2n) is 4.54. The Morgan fingerprint density at radius 1 is 1.22 bits per heavy atom. The Morgan fingerprint density at radius 2 is 1.83 bits per heavy atom. The zero-order chi connectivity index (χ0) is 13.3. The summed E-state index contributed by atoms with van der Waals surface area (Å²) >= 11 is 0. The van der Waals surface area contributed by atoms with Crippen molar-refractivity contribution in [2.24, 2.45) is 4.99 Å². The molecule has 1 aromatic carbocycles. The van der Waals surface area contributed by atoms with E-state index in [1.165, 1.54) is 0 Å². The highest BCUT2D eigenvalue weighted by molar-refractivity contribution is 6.13. The van der Waals surface area contributed by atoms with Gasteiger partial charge in [0.2, 0.25) is 0 Å². The highest BCUT2D eigenvalue weighted by Crippen LogP contribution is 2.18. The van der Waals surface area contributed by atoms with E-state index in [1.54, 1.807) is 11.9 Å². The van der Waals surface area contributed by atoms with Crippen molar-refractivity contribution in [3.05, 3.63) is 35.5 Å². The zero-order valence-electron chi connectivity index (χ0n) is 11.1. The molecular weight excluding hydrogens is 226 g/mol. The Labute approximate surface area is 107 Å².